The van der Waals surface area contributed by atoms with Crippen LogP contribution in [0.5, 0.6) is 0 Å². The number of alkyl halides is 2. The highest BCUT2D eigenvalue weighted by Crippen LogP contribution is 2.37. The second kappa shape index (κ2) is 10.7. The van der Waals surface area contributed by atoms with E-state index in [2.05, 4.69) is 20.9 Å². The van der Waals surface area contributed by atoms with Crippen LogP contribution in [0.2, 0.25) is 0 Å². The van der Waals surface area contributed by atoms with Crippen molar-refractivity contribution in [2.24, 2.45) is 5.92 Å². The Hall–Kier alpha value is -3.54. The summed E-state index contributed by atoms with van der Waals surface area (Å²) in [4.78, 5) is 40.7. The Balaban J connectivity index is 1.07. The molecule has 0 spiro atoms. The summed E-state index contributed by atoms with van der Waals surface area (Å²) >= 11 is 0. The van der Waals surface area contributed by atoms with Crippen molar-refractivity contribution in [3.63, 3.8) is 0 Å². The first-order valence-corrected chi connectivity index (χ1v) is 12.8. The normalized spacial score (nSPS) is 19.5. The molecule has 3 aliphatic rings. The molecule has 1 aromatic carbocycles. The fraction of sp³-hybridized carbons (Fsp3) is 0.500. The van der Waals surface area contributed by atoms with E-state index in [9.17, 15) is 27.6 Å². The van der Waals surface area contributed by atoms with Gasteiger partial charge in [0.2, 0.25) is 0 Å². The van der Waals surface area contributed by atoms with E-state index < -0.39 is 29.7 Å². The van der Waals surface area contributed by atoms with Gasteiger partial charge in [0.05, 0.1) is 12.2 Å². The Morgan fingerprint density at radius 3 is 2.42 bits per heavy atom. The van der Waals surface area contributed by atoms with E-state index in [1.807, 2.05) is 0 Å². The van der Waals surface area contributed by atoms with Gasteiger partial charge in [0, 0.05) is 57.2 Å². The average Bonchev–Trinajstić information content (AvgIpc) is 3.59. The lowest BCUT2D eigenvalue weighted by molar-refractivity contribution is -0.0902. The van der Waals surface area contributed by atoms with Crippen LogP contribution < -0.4 is 16.0 Å². The molecule has 0 atom stereocenters. The molecule has 2 aliphatic carbocycles. The monoisotopic (exact) mass is 533 g/mol. The molecule has 3 fully saturated rings. The molecule has 38 heavy (non-hydrogen) atoms. The molecule has 12 heteroatoms. The topological polar surface area (TPSA) is 107 Å². The van der Waals surface area contributed by atoms with Gasteiger partial charge < -0.3 is 25.3 Å². The number of urea groups is 1. The molecule has 4 amide bonds. The zero-order chi connectivity index (χ0) is 26.9. The molecule has 204 valence electrons. The second-order valence-electron chi connectivity index (χ2n) is 10.2. The molecule has 2 aromatic rings. The molecule has 9 nitrogen and oxygen atoms in total. The third-order valence-corrected chi connectivity index (χ3v) is 7.06. The van der Waals surface area contributed by atoms with Crippen LogP contribution in [0.4, 0.5) is 23.7 Å². The third-order valence-electron chi connectivity index (χ3n) is 7.06. The van der Waals surface area contributed by atoms with Crippen LogP contribution in [0, 0.1) is 11.7 Å². The molecule has 0 unspecified atom stereocenters. The predicted molar refractivity (Wildman–Crippen MR) is 131 cm³/mol. The van der Waals surface area contributed by atoms with Crippen LogP contribution in [-0.4, -0.2) is 72.3 Å². The van der Waals surface area contributed by atoms with Crippen molar-refractivity contribution in [3.8, 4) is 0 Å². The van der Waals surface area contributed by atoms with Crippen molar-refractivity contribution in [2.45, 2.75) is 44.2 Å². The highest BCUT2D eigenvalue weighted by atomic mass is 19.3. The van der Waals surface area contributed by atoms with Crippen molar-refractivity contribution in [3.05, 3.63) is 53.2 Å². The number of nitrogens with one attached hydrogen (secondary N) is 3. The minimum absolute atomic E-state index is 0.0109. The number of piperazine rings is 1. The van der Waals surface area contributed by atoms with Crippen LogP contribution >= 0.6 is 0 Å². The summed E-state index contributed by atoms with van der Waals surface area (Å²) in [5.41, 5.74) is 0.211. The van der Waals surface area contributed by atoms with E-state index in [1.165, 1.54) is 18.2 Å². The Bertz CT molecular complexity index is 1200. The number of rotatable bonds is 8. The van der Waals surface area contributed by atoms with Crippen LogP contribution in [0.1, 0.15) is 52.4 Å². The van der Waals surface area contributed by atoms with Gasteiger partial charge in [0.25, 0.3) is 17.7 Å². The maximum atomic E-state index is 14.5. The van der Waals surface area contributed by atoms with Gasteiger partial charge in [-0.3, -0.25) is 14.5 Å². The third kappa shape index (κ3) is 6.47. The Morgan fingerprint density at radius 2 is 1.76 bits per heavy atom. The van der Waals surface area contributed by atoms with Crippen LogP contribution in [0.15, 0.2) is 34.7 Å². The van der Waals surface area contributed by atoms with Gasteiger partial charge in [-0.25, -0.2) is 18.0 Å². The van der Waals surface area contributed by atoms with Gasteiger partial charge in [0.1, 0.15) is 11.6 Å². The van der Waals surface area contributed by atoms with E-state index >= 15 is 0 Å². The Labute approximate surface area is 217 Å². The van der Waals surface area contributed by atoms with Crippen LogP contribution in [0.3, 0.4) is 0 Å². The van der Waals surface area contributed by atoms with Gasteiger partial charge in [-0.1, -0.05) is 0 Å². The predicted octanol–water partition coefficient (Wildman–Crippen LogP) is 3.44. The first-order valence-electron chi connectivity index (χ1n) is 12.8. The van der Waals surface area contributed by atoms with Crippen molar-refractivity contribution in [1.82, 2.24) is 20.4 Å². The first-order chi connectivity index (χ1) is 18.1. The molecule has 0 bridgehead atoms. The zero-order valence-electron chi connectivity index (χ0n) is 20.8. The SMILES string of the molecule is O=C(NCC1CC1)Nc1ccc(C(=O)N2CCN(Cc3ccc(C(=O)NC4CC(F)(F)C4)o3)CC2)cc1F. The van der Waals surface area contributed by atoms with Crippen LogP contribution in [-0.2, 0) is 6.54 Å². The number of furan rings is 1. The molecular formula is C26H30F3N5O4. The number of anilines is 1. The number of hydrogen-bond donors (Lipinski definition) is 3. The summed E-state index contributed by atoms with van der Waals surface area (Å²) in [6.45, 7) is 2.94. The fourth-order valence-corrected chi connectivity index (χ4v) is 4.59. The summed E-state index contributed by atoms with van der Waals surface area (Å²) in [5, 5.41) is 7.73. The second-order valence-corrected chi connectivity index (χ2v) is 10.2. The van der Waals surface area contributed by atoms with E-state index in [4.69, 9.17) is 4.42 Å². The smallest absolute Gasteiger partial charge is 0.319 e. The molecule has 1 saturated heterocycles. The lowest BCUT2D eigenvalue weighted by atomic mass is 9.88. The number of amides is 4. The number of benzene rings is 1. The number of nitrogens with zero attached hydrogens (tertiary/aromatic N) is 2. The maximum Gasteiger partial charge on any atom is 0.319 e. The summed E-state index contributed by atoms with van der Waals surface area (Å²) in [7, 11) is 0. The van der Waals surface area contributed by atoms with E-state index in [-0.39, 0.29) is 35.8 Å². The van der Waals surface area contributed by atoms with Crippen LogP contribution in [0.25, 0.3) is 0 Å². The number of carbonyl (C=O) groups is 3. The quantitative estimate of drug-likeness (QED) is 0.482. The minimum atomic E-state index is -2.71. The van der Waals surface area contributed by atoms with Gasteiger partial charge in [-0.15, -0.1) is 0 Å². The largest absolute Gasteiger partial charge is 0.455 e. The van der Waals surface area contributed by atoms with E-state index in [1.54, 1.807) is 11.0 Å². The van der Waals surface area contributed by atoms with Crippen molar-refractivity contribution in [1.29, 1.82) is 0 Å². The molecular weight excluding hydrogens is 503 g/mol. The first kappa shape index (κ1) is 26.1. The Morgan fingerprint density at radius 1 is 1.03 bits per heavy atom. The van der Waals surface area contributed by atoms with Gasteiger partial charge in [-0.2, -0.15) is 0 Å². The summed E-state index contributed by atoms with van der Waals surface area (Å²) in [6.07, 6.45) is 1.47. The van der Waals surface area contributed by atoms with E-state index in [0.29, 0.717) is 50.9 Å². The Kier molecular flexibility index (Phi) is 7.33. The summed E-state index contributed by atoms with van der Waals surface area (Å²) in [6, 6.07) is 6.18. The van der Waals surface area contributed by atoms with Gasteiger partial charge >= 0.3 is 6.03 Å². The number of hydrogen-bond acceptors (Lipinski definition) is 5. The summed E-state index contributed by atoms with van der Waals surface area (Å²) in [5.74, 6) is -3.07. The fourth-order valence-electron chi connectivity index (χ4n) is 4.59. The number of halogens is 3. The molecule has 2 heterocycles. The van der Waals surface area contributed by atoms with Crippen molar-refractivity contribution in [2.75, 3.05) is 38.0 Å². The molecule has 0 radical (unpaired) electrons. The van der Waals surface area contributed by atoms with Crippen molar-refractivity contribution < 1.29 is 32.0 Å². The maximum absolute atomic E-state index is 14.5. The van der Waals surface area contributed by atoms with Gasteiger partial charge in [0.15, 0.2) is 5.76 Å². The standard InChI is InChI=1S/C26H30F3N5O4/c27-20-11-17(3-5-21(20)32-25(37)30-14-16-1-2-16)24(36)34-9-7-33(8-10-34)15-19-4-6-22(38-19)23(35)31-18-12-26(28,29)13-18/h3-6,11,16,18H,1-2,7-10,12-15H2,(H,31,35)(H2,30,32,37). The lowest BCUT2D eigenvalue weighted by Gasteiger charge is -2.35. The average molecular weight is 534 g/mol. The lowest BCUT2D eigenvalue weighted by Crippen LogP contribution is -2.50. The molecule has 1 aliphatic heterocycles. The zero-order valence-corrected chi connectivity index (χ0v) is 20.8. The van der Waals surface area contributed by atoms with Gasteiger partial charge in [-0.05, 0) is 49.1 Å². The molecule has 3 N–H and O–H groups in total. The molecule has 5 rings (SSSR count). The summed E-state index contributed by atoms with van der Waals surface area (Å²) < 4.78 is 46.1. The number of carbonyl (C=O) groups excluding carboxylic acids is 3. The van der Waals surface area contributed by atoms with Crippen molar-refractivity contribution >= 4 is 23.5 Å². The highest BCUT2D eigenvalue weighted by molar-refractivity contribution is 5.96. The molecule has 2 saturated carbocycles. The minimum Gasteiger partial charge on any atom is -0.455 e. The highest BCUT2D eigenvalue weighted by Gasteiger charge is 2.46. The molecule has 1 aromatic heterocycles. The van der Waals surface area contributed by atoms with E-state index in [0.717, 1.165) is 18.9 Å².